The van der Waals surface area contributed by atoms with Crippen LogP contribution in [0.3, 0.4) is 0 Å². The Morgan fingerprint density at radius 1 is 1.31 bits per heavy atom. The van der Waals surface area contributed by atoms with Crippen molar-refractivity contribution in [2.45, 2.75) is 25.7 Å². The number of rotatable bonds is 2. The molecule has 76 valence electrons. The van der Waals surface area contributed by atoms with E-state index < -0.39 is 8.07 Å². The molecule has 1 heterocycles. The molecule has 0 radical (unpaired) electrons. The molecule has 1 fully saturated rings. The van der Waals surface area contributed by atoms with Gasteiger partial charge in [0.05, 0.1) is 21.3 Å². The molecule has 0 saturated carbocycles. The minimum atomic E-state index is -1.24. The highest BCUT2D eigenvalue weighted by atomic mass is 28.3. The van der Waals surface area contributed by atoms with Crippen molar-refractivity contribution in [1.82, 2.24) is 4.90 Å². The summed E-state index contributed by atoms with van der Waals surface area (Å²) in [5.41, 5.74) is 0. The summed E-state index contributed by atoms with van der Waals surface area (Å²) >= 11 is 0. The first-order valence-electron chi connectivity index (χ1n) is 4.84. The van der Waals surface area contributed by atoms with Crippen molar-refractivity contribution in [1.29, 1.82) is 0 Å². The average molecular weight is 201 g/mol. The van der Waals surface area contributed by atoms with E-state index in [1.54, 1.807) is 0 Å². The number of ether oxygens (including phenoxy) is 1. The Morgan fingerprint density at radius 2 is 1.85 bits per heavy atom. The van der Waals surface area contributed by atoms with E-state index in [9.17, 15) is 4.79 Å². The number of morpholine rings is 1. The largest absolute Gasteiger partial charge is 0.378 e. The normalized spacial score (nSPS) is 18.8. The van der Waals surface area contributed by atoms with Gasteiger partial charge in [0.25, 0.3) is 0 Å². The maximum Gasteiger partial charge on any atom is 0.220 e. The molecule has 0 atom stereocenters. The van der Waals surface area contributed by atoms with Crippen LogP contribution in [0.5, 0.6) is 0 Å². The Hall–Kier alpha value is -0.353. The second-order valence-electron chi connectivity index (χ2n) is 4.73. The molecule has 0 unspecified atom stereocenters. The van der Waals surface area contributed by atoms with Crippen molar-refractivity contribution < 1.29 is 9.53 Å². The van der Waals surface area contributed by atoms with E-state index in [-0.39, 0.29) is 0 Å². The topological polar surface area (TPSA) is 29.5 Å². The monoisotopic (exact) mass is 201 g/mol. The zero-order valence-corrected chi connectivity index (χ0v) is 9.80. The molecule has 1 aliphatic rings. The summed E-state index contributed by atoms with van der Waals surface area (Å²) in [5.74, 6) is 0.322. The maximum absolute atomic E-state index is 11.7. The van der Waals surface area contributed by atoms with Gasteiger partial charge in [-0.05, 0) is 0 Å². The number of carbonyl (C=O) groups excluding carboxylic acids is 1. The average Bonchev–Trinajstić information content (AvgIpc) is 2.03. The van der Waals surface area contributed by atoms with Gasteiger partial charge in [-0.1, -0.05) is 19.6 Å². The molecule has 13 heavy (non-hydrogen) atoms. The Bertz CT molecular complexity index is 183. The quantitative estimate of drug-likeness (QED) is 0.628. The fourth-order valence-electron chi connectivity index (χ4n) is 1.38. The molecule has 3 nitrogen and oxygen atoms in total. The minimum Gasteiger partial charge on any atom is -0.378 e. The summed E-state index contributed by atoms with van der Waals surface area (Å²) < 4.78 is 5.20. The van der Waals surface area contributed by atoms with Gasteiger partial charge in [0.2, 0.25) is 5.91 Å². The molecular formula is C9H19NO2Si. The smallest absolute Gasteiger partial charge is 0.220 e. The molecule has 0 aromatic rings. The van der Waals surface area contributed by atoms with E-state index >= 15 is 0 Å². The number of amides is 1. The van der Waals surface area contributed by atoms with Gasteiger partial charge in [-0.25, -0.2) is 0 Å². The molecule has 0 N–H and O–H groups in total. The van der Waals surface area contributed by atoms with E-state index in [0.717, 1.165) is 19.1 Å². The Kier molecular flexibility index (Phi) is 3.50. The fraction of sp³-hybridized carbons (Fsp3) is 0.889. The Morgan fingerprint density at radius 3 is 2.31 bits per heavy atom. The predicted molar refractivity (Wildman–Crippen MR) is 55.6 cm³/mol. The van der Waals surface area contributed by atoms with Gasteiger partial charge in [0.15, 0.2) is 0 Å². The summed E-state index contributed by atoms with van der Waals surface area (Å²) in [6.07, 6.45) is 0. The lowest BCUT2D eigenvalue weighted by atomic mass is 10.4. The highest BCUT2D eigenvalue weighted by Crippen LogP contribution is 2.11. The predicted octanol–water partition coefficient (Wildman–Crippen LogP) is 1.18. The highest BCUT2D eigenvalue weighted by molar-refractivity contribution is 6.78. The fourth-order valence-corrected chi connectivity index (χ4v) is 2.51. The van der Waals surface area contributed by atoms with Crippen LogP contribution in [0.15, 0.2) is 0 Å². The first-order valence-corrected chi connectivity index (χ1v) is 8.55. The van der Waals surface area contributed by atoms with Crippen LogP contribution in [-0.2, 0) is 9.53 Å². The third-order valence-corrected chi connectivity index (χ3v) is 3.41. The number of hydrogen-bond acceptors (Lipinski definition) is 2. The van der Waals surface area contributed by atoms with E-state index in [2.05, 4.69) is 19.6 Å². The van der Waals surface area contributed by atoms with Crippen molar-refractivity contribution in [2.75, 3.05) is 26.3 Å². The zero-order chi connectivity index (χ0) is 9.90. The van der Waals surface area contributed by atoms with Crippen molar-refractivity contribution in [3.8, 4) is 0 Å². The second-order valence-corrected chi connectivity index (χ2v) is 10.2. The van der Waals surface area contributed by atoms with Crippen LogP contribution in [-0.4, -0.2) is 45.2 Å². The van der Waals surface area contributed by atoms with Gasteiger partial charge in [-0.2, -0.15) is 0 Å². The molecule has 1 saturated heterocycles. The molecule has 0 aliphatic carbocycles. The standard InChI is InChI=1S/C9H19NO2Si/c1-13(2,3)8-9(11)10-4-6-12-7-5-10/h4-8H2,1-3H3. The molecule has 0 spiro atoms. The third-order valence-electron chi connectivity index (χ3n) is 2.05. The van der Waals surface area contributed by atoms with Crippen molar-refractivity contribution >= 4 is 14.0 Å². The van der Waals surface area contributed by atoms with E-state index in [1.165, 1.54) is 0 Å². The van der Waals surface area contributed by atoms with Crippen LogP contribution in [0.25, 0.3) is 0 Å². The third kappa shape index (κ3) is 3.91. The summed E-state index contributed by atoms with van der Waals surface area (Å²) in [7, 11) is -1.24. The summed E-state index contributed by atoms with van der Waals surface area (Å²) in [4.78, 5) is 13.7. The summed E-state index contributed by atoms with van der Waals surface area (Å²) in [5, 5.41) is 0. The van der Waals surface area contributed by atoms with Crippen molar-refractivity contribution in [3.63, 3.8) is 0 Å². The number of carbonyl (C=O) groups is 1. The lowest BCUT2D eigenvalue weighted by Crippen LogP contribution is -2.43. The van der Waals surface area contributed by atoms with Gasteiger partial charge in [-0.3, -0.25) is 4.79 Å². The summed E-state index contributed by atoms with van der Waals surface area (Å²) in [6.45, 7) is 9.66. The maximum atomic E-state index is 11.7. The van der Waals surface area contributed by atoms with E-state index in [0.29, 0.717) is 19.1 Å². The lowest BCUT2D eigenvalue weighted by molar-refractivity contribution is -0.132. The number of hydrogen-bond donors (Lipinski definition) is 0. The molecule has 1 aliphatic heterocycles. The molecular weight excluding hydrogens is 182 g/mol. The summed E-state index contributed by atoms with van der Waals surface area (Å²) in [6, 6.07) is 0.771. The first-order chi connectivity index (χ1) is 5.99. The van der Waals surface area contributed by atoms with Gasteiger partial charge in [-0.15, -0.1) is 0 Å². The highest BCUT2D eigenvalue weighted by Gasteiger charge is 2.23. The van der Waals surface area contributed by atoms with Crippen LogP contribution in [0.2, 0.25) is 25.7 Å². The molecule has 0 bridgehead atoms. The molecule has 4 heteroatoms. The molecule has 0 aromatic heterocycles. The van der Waals surface area contributed by atoms with Crippen LogP contribution in [0.1, 0.15) is 0 Å². The van der Waals surface area contributed by atoms with Gasteiger partial charge in [0, 0.05) is 19.1 Å². The zero-order valence-electron chi connectivity index (χ0n) is 8.80. The SMILES string of the molecule is C[Si](C)(C)CC(=O)N1CCOCC1. The second kappa shape index (κ2) is 4.24. The van der Waals surface area contributed by atoms with E-state index in [4.69, 9.17) is 4.74 Å². The molecule has 1 amide bonds. The lowest BCUT2D eigenvalue weighted by Gasteiger charge is -2.29. The molecule has 0 aromatic carbocycles. The van der Waals surface area contributed by atoms with Crippen molar-refractivity contribution in [3.05, 3.63) is 0 Å². The minimum absolute atomic E-state index is 0.322. The van der Waals surface area contributed by atoms with Crippen LogP contribution >= 0.6 is 0 Å². The van der Waals surface area contributed by atoms with E-state index in [1.807, 2.05) is 4.90 Å². The van der Waals surface area contributed by atoms with Gasteiger partial charge in [0.1, 0.15) is 0 Å². The van der Waals surface area contributed by atoms with Crippen LogP contribution < -0.4 is 0 Å². The Labute approximate surface area is 81.1 Å². The van der Waals surface area contributed by atoms with Crippen molar-refractivity contribution in [2.24, 2.45) is 0 Å². The number of nitrogens with zero attached hydrogens (tertiary/aromatic N) is 1. The van der Waals surface area contributed by atoms with Crippen LogP contribution in [0, 0.1) is 0 Å². The molecule has 1 rings (SSSR count). The van der Waals surface area contributed by atoms with Gasteiger partial charge < -0.3 is 9.64 Å². The van der Waals surface area contributed by atoms with Gasteiger partial charge >= 0.3 is 0 Å². The Balaban J connectivity index is 2.38. The first kappa shape index (κ1) is 10.7. The van der Waals surface area contributed by atoms with Crippen LogP contribution in [0.4, 0.5) is 0 Å².